The van der Waals surface area contributed by atoms with Crippen LogP contribution in [-0.4, -0.2) is 17.4 Å². The van der Waals surface area contributed by atoms with Crippen LogP contribution >= 0.6 is 0 Å². The number of ether oxygens (including phenoxy) is 1. The van der Waals surface area contributed by atoms with Gasteiger partial charge in [0, 0.05) is 12.2 Å². The first kappa shape index (κ1) is 10.7. The monoisotopic (exact) mass is 133 g/mol. The molecule has 0 atom stereocenters. The third-order valence-electron chi connectivity index (χ3n) is 0.557. The fraction of sp³-hybridized carbons (Fsp3) is 0. The Kier molecular flexibility index (Phi) is 4.48. The fourth-order valence-electron chi connectivity index (χ4n) is 0.303. The van der Waals surface area contributed by atoms with E-state index in [0.29, 0.717) is 0 Å². The van der Waals surface area contributed by atoms with Crippen LogP contribution in [0.25, 0.3) is 0 Å². The second-order valence-corrected chi connectivity index (χ2v) is 1.07. The van der Waals surface area contributed by atoms with Gasteiger partial charge in [-0.15, -0.1) is 0 Å². The summed E-state index contributed by atoms with van der Waals surface area (Å²) in [6.07, 6.45) is 2.17. The minimum atomic E-state index is -0.579. The molecular weight excluding hydrogens is 126 g/mol. The molecule has 0 aromatic heterocycles. The van der Waals surface area contributed by atoms with E-state index in [-0.39, 0.29) is 11.6 Å². The third-order valence-corrected chi connectivity index (χ3v) is 0.557. The predicted molar refractivity (Wildman–Crippen MR) is 28.2 cm³/mol. The number of rotatable bonds is 0. The summed E-state index contributed by atoms with van der Waals surface area (Å²) in [4.78, 5) is 19.8. The van der Waals surface area contributed by atoms with Gasteiger partial charge in [-0.25, -0.2) is 9.59 Å². The molecule has 52 valence electrons. The van der Waals surface area contributed by atoms with E-state index < -0.39 is 11.9 Å². The zero-order valence-electron chi connectivity index (χ0n) is 4.83. The maximum atomic E-state index is 9.92. The van der Waals surface area contributed by atoms with E-state index in [1.807, 2.05) is 0 Å². The molecule has 0 radical (unpaired) electrons. The predicted octanol–water partition coefficient (Wildman–Crippen LogP) is -0.175. The Labute approximate surface area is 51.2 Å². The highest BCUT2D eigenvalue weighted by molar-refractivity contribution is 6.04. The maximum Gasteiger partial charge on any atom is 0.338 e. The summed E-state index contributed by atoms with van der Waals surface area (Å²) in [7, 11) is 0. The first-order valence-electron chi connectivity index (χ1n) is 1.73. The summed E-state index contributed by atoms with van der Waals surface area (Å²) < 4.78 is 3.97. The van der Waals surface area contributed by atoms with Gasteiger partial charge in [0.2, 0.25) is 0 Å². The number of carbonyl (C=O) groups excluding carboxylic acids is 2. The van der Waals surface area contributed by atoms with Crippen LogP contribution < -0.4 is 6.15 Å². The molecule has 0 aliphatic carbocycles. The molecule has 5 N–H and O–H groups in total. The van der Waals surface area contributed by atoms with Crippen molar-refractivity contribution in [2.24, 2.45) is 0 Å². The molecular formula is C4H7NO4. The standard InChI is InChI=1S/C4H2O3.H3N.H2O/c5-3-1-2-4(6)7-3;;/h1-2H;1H3;1H2. The highest BCUT2D eigenvalue weighted by Crippen LogP contribution is 1.92. The van der Waals surface area contributed by atoms with Crippen LogP contribution in [0.15, 0.2) is 12.2 Å². The van der Waals surface area contributed by atoms with Crippen molar-refractivity contribution < 1.29 is 19.8 Å². The Balaban J connectivity index is 0. The lowest BCUT2D eigenvalue weighted by Gasteiger charge is -1.80. The van der Waals surface area contributed by atoms with Crippen molar-refractivity contribution in [3.63, 3.8) is 0 Å². The number of quaternary nitrogens is 1. The number of cyclic esters (lactones) is 2. The van der Waals surface area contributed by atoms with Crippen LogP contribution in [0, 0.1) is 0 Å². The molecule has 0 aromatic rings. The summed E-state index contributed by atoms with van der Waals surface area (Å²) in [5, 5.41) is 0. The van der Waals surface area contributed by atoms with Gasteiger partial charge in [0.05, 0.1) is 0 Å². The largest absolute Gasteiger partial charge is 0.870 e. The normalized spacial score (nSPS) is 13.8. The van der Waals surface area contributed by atoms with Crippen molar-refractivity contribution in [3.05, 3.63) is 12.2 Å². The first-order valence-corrected chi connectivity index (χ1v) is 1.73. The lowest BCUT2D eigenvalue weighted by molar-refractivity contribution is -0.150. The van der Waals surface area contributed by atoms with E-state index in [0.717, 1.165) is 12.2 Å². The van der Waals surface area contributed by atoms with Crippen LogP contribution in [-0.2, 0) is 14.3 Å². The van der Waals surface area contributed by atoms with Crippen LogP contribution in [0.3, 0.4) is 0 Å². The molecule has 1 rings (SSSR count). The molecule has 0 aromatic carbocycles. The van der Waals surface area contributed by atoms with Gasteiger partial charge in [-0.1, -0.05) is 0 Å². The third kappa shape index (κ3) is 2.58. The summed E-state index contributed by atoms with van der Waals surface area (Å²) in [5.74, 6) is -1.16. The Morgan fingerprint density at radius 1 is 1.11 bits per heavy atom. The zero-order valence-corrected chi connectivity index (χ0v) is 4.83. The molecule has 5 nitrogen and oxygen atoms in total. The van der Waals surface area contributed by atoms with Gasteiger partial charge in [-0.3, -0.25) is 0 Å². The van der Waals surface area contributed by atoms with Crippen molar-refractivity contribution in [2.45, 2.75) is 0 Å². The van der Waals surface area contributed by atoms with Crippen LogP contribution in [0.2, 0.25) is 0 Å². The second kappa shape index (κ2) is 3.76. The molecule has 0 saturated carbocycles. The van der Waals surface area contributed by atoms with Crippen molar-refractivity contribution in [3.8, 4) is 0 Å². The zero-order chi connectivity index (χ0) is 5.28. The average molecular weight is 133 g/mol. The molecule has 0 saturated heterocycles. The molecule has 1 heterocycles. The minimum Gasteiger partial charge on any atom is -0.870 e. The van der Waals surface area contributed by atoms with Gasteiger partial charge >= 0.3 is 11.9 Å². The molecule has 0 bridgehead atoms. The highest BCUT2D eigenvalue weighted by Gasteiger charge is 2.10. The lowest BCUT2D eigenvalue weighted by Crippen LogP contribution is -1.96. The van der Waals surface area contributed by atoms with Crippen molar-refractivity contribution in [2.75, 3.05) is 0 Å². The Morgan fingerprint density at radius 3 is 1.56 bits per heavy atom. The maximum absolute atomic E-state index is 9.92. The topological polar surface area (TPSA) is 110 Å². The molecule has 9 heavy (non-hydrogen) atoms. The van der Waals surface area contributed by atoms with Gasteiger partial charge < -0.3 is 16.4 Å². The highest BCUT2D eigenvalue weighted by atomic mass is 16.6. The van der Waals surface area contributed by atoms with Gasteiger partial charge in [0.1, 0.15) is 0 Å². The van der Waals surface area contributed by atoms with Gasteiger partial charge in [0.25, 0.3) is 0 Å². The van der Waals surface area contributed by atoms with E-state index in [2.05, 4.69) is 4.74 Å². The minimum absolute atomic E-state index is 0. The first-order chi connectivity index (χ1) is 3.29. The quantitative estimate of drug-likeness (QED) is 0.365. The van der Waals surface area contributed by atoms with Gasteiger partial charge in [0.15, 0.2) is 0 Å². The Morgan fingerprint density at radius 2 is 1.44 bits per heavy atom. The van der Waals surface area contributed by atoms with Crippen LogP contribution in [0.4, 0.5) is 0 Å². The number of esters is 2. The Bertz CT molecular complexity index is 135. The molecule has 5 heteroatoms. The van der Waals surface area contributed by atoms with E-state index in [4.69, 9.17) is 0 Å². The summed E-state index contributed by atoms with van der Waals surface area (Å²) in [5.41, 5.74) is 0. The Hall–Kier alpha value is -1.20. The summed E-state index contributed by atoms with van der Waals surface area (Å²) in [6, 6.07) is 0. The SMILES string of the molecule is O=C1C=CC(=O)O1.[NH4+].[OH-]. The fourth-order valence-corrected chi connectivity index (χ4v) is 0.303. The van der Waals surface area contributed by atoms with Crippen molar-refractivity contribution in [1.29, 1.82) is 0 Å². The molecule has 0 amide bonds. The number of carbonyl (C=O) groups is 2. The van der Waals surface area contributed by atoms with Crippen LogP contribution in [0.1, 0.15) is 0 Å². The summed E-state index contributed by atoms with van der Waals surface area (Å²) in [6.45, 7) is 0. The van der Waals surface area contributed by atoms with Crippen LogP contribution in [0.5, 0.6) is 0 Å². The summed E-state index contributed by atoms with van der Waals surface area (Å²) >= 11 is 0. The van der Waals surface area contributed by atoms with Crippen molar-refractivity contribution >= 4 is 11.9 Å². The molecule has 0 spiro atoms. The number of hydrogen-bond donors (Lipinski definition) is 1. The van der Waals surface area contributed by atoms with E-state index in [1.54, 1.807) is 0 Å². The number of hydrogen-bond acceptors (Lipinski definition) is 4. The van der Waals surface area contributed by atoms with Gasteiger partial charge in [-0.05, 0) is 0 Å². The van der Waals surface area contributed by atoms with E-state index >= 15 is 0 Å². The average Bonchev–Trinajstić information content (AvgIpc) is 1.87. The van der Waals surface area contributed by atoms with Gasteiger partial charge in [-0.2, -0.15) is 0 Å². The smallest absolute Gasteiger partial charge is 0.338 e. The lowest BCUT2D eigenvalue weighted by atomic mass is 10.6. The van der Waals surface area contributed by atoms with E-state index in [9.17, 15) is 9.59 Å². The molecule has 1 aliphatic heterocycles. The molecule has 0 fully saturated rings. The molecule has 0 unspecified atom stereocenters. The second-order valence-electron chi connectivity index (χ2n) is 1.07. The van der Waals surface area contributed by atoms with Crippen molar-refractivity contribution in [1.82, 2.24) is 6.15 Å². The molecule has 1 aliphatic rings. The van der Waals surface area contributed by atoms with E-state index in [1.165, 1.54) is 0 Å².